The molecule has 0 radical (unpaired) electrons. The molecule has 29 heavy (non-hydrogen) atoms. The summed E-state index contributed by atoms with van der Waals surface area (Å²) in [6.45, 7) is 4.16. The third-order valence-electron chi connectivity index (χ3n) is 5.81. The first kappa shape index (κ1) is 20.2. The van der Waals surface area contributed by atoms with E-state index in [1.807, 2.05) is 0 Å². The van der Waals surface area contributed by atoms with Crippen molar-refractivity contribution in [2.45, 2.75) is 63.4 Å². The van der Waals surface area contributed by atoms with Gasteiger partial charge in [-0.05, 0) is 50.2 Å². The summed E-state index contributed by atoms with van der Waals surface area (Å²) in [4.78, 5) is 27.7. The Kier molecular flexibility index (Phi) is 6.06. The van der Waals surface area contributed by atoms with Gasteiger partial charge in [0, 0.05) is 0 Å². The van der Waals surface area contributed by atoms with Crippen LogP contribution >= 0.6 is 11.8 Å². The minimum absolute atomic E-state index is 0.0838. The number of nitrogens with one attached hydrogen (secondary N) is 1. The van der Waals surface area contributed by atoms with Gasteiger partial charge in [0.1, 0.15) is 18.1 Å². The lowest BCUT2D eigenvalue weighted by Gasteiger charge is -2.32. The van der Waals surface area contributed by atoms with Gasteiger partial charge in [0.05, 0.1) is 11.4 Å². The summed E-state index contributed by atoms with van der Waals surface area (Å²) in [6.07, 6.45) is 7.61. The average molecular weight is 415 g/mol. The molecule has 1 N–H and O–H groups in total. The second kappa shape index (κ2) is 8.71. The lowest BCUT2D eigenvalue weighted by Crippen LogP contribution is -2.30. The second-order valence-corrected chi connectivity index (χ2v) is 9.24. The van der Waals surface area contributed by atoms with Crippen molar-refractivity contribution in [1.82, 2.24) is 10.3 Å². The molecule has 0 bridgehead atoms. The Bertz CT molecular complexity index is 883. The molecule has 6 nitrogen and oxygen atoms in total. The monoisotopic (exact) mass is 414 g/mol. The molecule has 0 spiro atoms. The maximum absolute atomic E-state index is 11.9. The first-order valence-electron chi connectivity index (χ1n) is 10.1. The summed E-state index contributed by atoms with van der Waals surface area (Å²) in [7, 11) is 0. The maximum atomic E-state index is 11.9. The largest absolute Gasteiger partial charge is 0.451 e. The number of aromatic nitrogens is 1. The zero-order chi connectivity index (χ0) is 20.4. The molecule has 1 aromatic carbocycles. The predicted octanol–water partition coefficient (Wildman–Crippen LogP) is 4.70. The minimum Gasteiger partial charge on any atom is -0.451 e. The Morgan fingerprint density at radius 3 is 2.90 bits per heavy atom. The Hall–Kier alpha value is -2.12. The van der Waals surface area contributed by atoms with Gasteiger partial charge in [0.2, 0.25) is 5.91 Å². The molecule has 1 saturated heterocycles. The van der Waals surface area contributed by atoms with E-state index in [0.717, 1.165) is 60.7 Å². The number of imide groups is 1. The topological polar surface area (TPSA) is 81.4 Å². The number of hydrogen-bond donors (Lipinski definition) is 1. The summed E-state index contributed by atoms with van der Waals surface area (Å²) < 4.78 is 11.8. The van der Waals surface area contributed by atoms with Crippen LogP contribution in [0.4, 0.5) is 4.79 Å². The van der Waals surface area contributed by atoms with Crippen LogP contribution in [0.15, 0.2) is 35.3 Å². The predicted molar refractivity (Wildman–Crippen MR) is 111 cm³/mol. The summed E-state index contributed by atoms with van der Waals surface area (Å²) in [5, 5.41) is 1.89. The molecule has 2 heterocycles. The number of benzene rings is 1. The lowest BCUT2D eigenvalue weighted by atomic mass is 9.84. The number of hydrogen-bond acceptors (Lipinski definition) is 6. The van der Waals surface area contributed by atoms with E-state index in [4.69, 9.17) is 9.15 Å². The molecule has 4 unspecified atom stereocenters. The van der Waals surface area contributed by atoms with Gasteiger partial charge < -0.3 is 9.15 Å². The molecule has 2 aromatic rings. The van der Waals surface area contributed by atoms with Crippen LogP contribution in [-0.4, -0.2) is 27.5 Å². The van der Waals surface area contributed by atoms with Crippen molar-refractivity contribution in [3.63, 3.8) is 0 Å². The van der Waals surface area contributed by atoms with Gasteiger partial charge in [0.25, 0.3) is 5.24 Å². The van der Waals surface area contributed by atoms with Crippen molar-refractivity contribution >= 4 is 22.9 Å². The Morgan fingerprint density at radius 1 is 1.31 bits per heavy atom. The number of carbonyl (C=O) groups is 2. The fourth-order valence-electron chi connectivity index (χ4n) is 4.32. The number of nitrogens with zero attached hydrogens (tertiary/aromatic N) is 1. The Labute approximate surface area is 174 Å². The molecule has 154 valence electrons. The van der Waals surface area contributed by atoms with Crippen molar-refractivity contribution in [3.8, 4) is 0 Å². The molecular formula is C22H26N2O4S. The van der Waals surface area contributed by atoms with E-state index >= 15 is 0 Å². The standard InChI is InChI=1S/C22H26N2O4S/c1-13-6-7-14(2)17(8-13)20(18-11-27-12-23-18)28-16-5-3-4-15(9-16)10-19-21(25)24-22(26)29-19/h6-8,11-12,15-16,19-20H,3-5,9-10H2,1-2H3,(H,24,25,26). The number of amides is 2. The van der Waals surface area contributed by atoms with Crippen molar-refractivity contribution in [2.75, 3.05) is 0 Å². The van der Waals surface area contributed by atoms with Crippen LogP contribution in [0.5, 0.6) is 0 Å². The van der Waals surface area contributed by atoms with E-state index in [0.29, 0.717) is 5.92 Å². The van der Waals surface area contributed by atoms with E-state index in [1.165, 1.54) is 12.0 Å². The summed E-state index contributed by atoms with van der Waals surface area (Å²) in [5.41, 5.74) is 4.22. The van der Waals surface area contributed by atoms with Gasteiger partial charge in [-0.2, -0.15) is 0 Å². The molecule has 4 rings (SSSR count). The highest BCUT2D eigenvalue weighted by Crippen LogP contribution is 2.38. The number of rotatable bonds is 6. The van der Waals surface area contributed by atoms with Crippen molar-refractivity contribution < 1.29 is 18.7 Å². The third kappa shape index (κ3) is 4.73. The van der Waals surface area contributed by atoms with E-state index in [-0.39, 0.29) is 28.6 Å². The van der Waals surface area contributed by atoms with Crippen LogP contribution < -0.4 is 5.32 Å². The quantitative estimate of drug-likeness (QED) is 0.738. The molecule has 2 fully saturated rings. The molecule has 2 aliphatic rings. The first-order chi connectivity index (χ1) is 14.0. The van der Waals surface area contributed by atoms with Crippen molar-refractivity contribution in [3.05, 3.63) is 53.2 Å². The van der Waals surface area contributed by atoms with Gasteiger partial charge in [-0.1, -0.05) is 48.4 Å². The summed E-state index contributed by atoms with van der Waals surface area (Å²) >= 11 is 1.12. The van der Waals surface area contributed by atoms with E-state index in [1.54, 1.807) is 6.26 Å². The molecule has 2 amide bonds. The molecule has 1 aliphatic heterocycles. The molecular weight excluding hydrogens is 388 g/mol. The SMILES string of the molecule is Cc1ccc(C)c(C(OC2CCCC(CC3SC(=O)NC3=O)C2)c2cocn2)c1. The summed E-state index contributed by atoms with van der Waals surface area (Å²) in [5.74, 6) is 0.221. The van der Waals surface area contributed by atoms with Gasteiger partial charge >= 0.3 is 0 Å². The minimum atomic E-state index is -0.275. The first-order valence-corrected chi connectivity index (χ1v) is 11.0. The number of aryl methyl sites for hydroxylation is 2. The Balaban J connectivity index is 1.48. The average Bonchev–Trinajstić information content (AvgIpc) is 3.32. The molecule has 1 aliphatic carbocycles. The zero-order valence-corrected chi connectivity index (χ0v) is 17.5. The molecule has 7 heteroatoms. The highest BCUT2D eigenvalue weighted by atomic mass is 32.2. The fourth-order valence-corrected chi connectivity index (χ4v) is 5.27. The van der Waals surface area contributed by atoms with Gasteiger partial charge in [-0.25, -0.2) is 4.98 Å². The number of ether oxygens (including phenoxy) is 1. The van der Waals surface area contributed by atoms with E-state index in [9.17, 15) is 9.59 Å². The van der Waals surface area contributed by atoms with Crippen LogP contribution in [0.25, 0.3) is 0 Å². The normalized spacial score (nSPS) is 25.8. The molecule has 1 aromatic heterocycles. The highest BCUT2D eigenvalue weighted by Gasteiger charge is 2.36. The van der Waals surface area contributed by atoms with E-state index in [2.05, 4.69) is 42.3 Å². The third-order valence-corrected chi connectivity index (χ3v) is 6.82. The van der Waals surface area contributed by atoms with Crippen LogP contribution in [0.3, 0.4) is 0 Å². The van der Waals surface area contributed by atoms with Crippen molar-refractivity contribution in [1.29, 1.82) is 0 Å². The summed E-state index contributed by atoms with van der Waals surface area (Å²) in [6, 6.07) is 6.36. The number of oxazole rings is 1. The van der Waals surface area contributed by atoms with Crippen LogP contribution in [-0.2, 0) is 9.53 Å². The van der Waals surface area contributed by atoms with E-state index < -0.39 is 0 Å². The number of thioether (sulfide) groups is 1. The van der Waals surface area contributed by atoms with Gasteiger partial charge in [-0.3, -0.25) is 14.9 Å². The lowest BCUT2D eigenvalue weighted by molar-refractivity contribution is -0.119. The van der Waals surface area contributed by atoms with Gasteiger partial charge in [-0.15, -0.1) is 0 Å². The van der Waals surface area contributed by atoms with Crippen LogP contribution in [0.2, 0.25) is 0 Å². The molecule has 1 saturated carbocycles. The Morgan fingerprint density at radius 2 is 2.17 bits per heavy atom. The van der Waals surface area contributed by atoms with Gasteiger partial charge in [0.15, 0.2) is 6.39 Å². The highest BCUT2D eigenvalue weighted by molar-refractivity contribution is 8.15. The zero-order valence-electron chi connectivity index (χ0n) is 16.7. The maximum Gasteiger partial charge on any atom is 0.286 e. The smallest absolute Gasteiger partial charge is 0.286 e. The van der Waals surface area contributed by atoms with Crippen LogP contribution in [0.1, 0.15) is 60.6 Å². The fraction of sp³-hybridized carbons (Fsp3) is 0.500. The van der Waals surface area contributed by atoms with Crippen LogP contribution in [0, 0.1) is 19.8 Å². The molecule has 4 atom stereocenters. The number of carbonyl (C=O) groups excluding carboxylic acids is 2. The second-order valence-electron chi connectivity index (χ2n) is 8.06. The van der Waals surface area contributed by atoms with Crippen molar-refractivity contribution in [2.24, 2.45) is 5.92 Å².